The van der Waals surface area contributed by atoms with Crippen molar-refractivity contribution in [3.05, 3.63) is 41.2 Å². The quantitative estimate of drug-likeness (QED) is 0.811. The van der Waals surface area contributed by atoms with Gasteiger partial charge in [-0.15, -0.1) is 5.10 Å². The number of rotatable bonds is 6. The molecule has 1 aromatic carbocycles. The average molecular weight is 267 g/mol. The van der Waals surface area contributed by atoms with E-state index in [4.69, 9.17) is 22.1 Å². The Kier molecular flexibility index (Phi) is 4.55. The molecule has 0 saturated carbocycles. The molecule has 18 heavy (non-hydrogen) atoms. The molecule has 5 nitrogen and oxygen atoms in total. The summed E-state index contributed by atoms with van der Waals surface area (Å²) in [5.74, 6) is 0.817. The molecule has 0 aliphatic carbocycles. The van der Waals surface area contributed by atoms with Gasteiger partial charge in [-0.25, -0.2) is 4.68 Å². The van der Waals surface area contributed by atoms with Gasteiger partial charge in [0.15, 0.2) is 0 Å². The van der Waals surface area contributed by atoms with Crippen molar-refractivity contribution in [3.63, 3.8) is 0 Å². The van der Waals surface area contributed by atoms with Crippen LogP contribution in [0.4, 0.5) is 0 Å². The molecule has 0 radical (unpaired) electrons. The molecule has 2 aromatic rings. The Morgan fingerprint density at radius 3 is 2.78 bits per heavy atom. The van der Waals surface area contributed by atoms with Crippen molar-refractivity contribution >= 4 is 11.6 Å². The summed E-state index contributed by atoms with van der Waals surface area (Å²) in [6, 6.07) is 7.31. The monoisotopic (exact) mass is 266 g/mol. The highest BCUT2D eigenvalue weighted by molar-refractivity contribution is 6.30. The third-order valence-corrected chi connectivity index (χ3v) is 2.76. The second-order valence-corrected chi connectivity index (χ2v) is 4.24. The van der Waals surface area contributed by atoms with Crippen LogP contribution in [0.1, 0.15) is 12.1 Å². The van der Waals surface area contributed by atoms with Crippen molar-refractivity contribution in [2.45, 2.75) is 19.5 Å². The fourth-order valence-corrected chi connectivity index (χ4v) is 1.69. The van der Waals surface area contributed by atoms with E-state index in [0.717, 1.165) is 24.4 Å². The number of ether oxygens (including phenoxy) is 1. The van der Waals surface area contributed by atoms with Crippen LogP contribution in [0.15, 0.2) is 30.5 Å². The van der Waals surface area contributed by atoms with Gasteiger partial charge in [-0.3, -0.25) is 0 Å². The molecule has 0 atom stereocenters. The lowest BCUT2D eigenvalue weighted by Gasteiger charge is -2.07. The zero-order valence-corrected chi connectivity index (χ0v) is 10.7. The summed E-state index contributed by atoms with van der Waals surface area (Å²) in [6.07, 6.45) is 2.53. The molecule has 0 amide bonds. The van der Waals surface area contributed by atoms with Crippen molar-refractivity contribution in [3.8, 4) is 5.75 Å². The number of hydrogen-bond acceptors (Lipinski definition) is 4. The van der Waals surface area contributed by atoms with Gasteiger partial charge in [0.05, 0.1) is 18.5 Å². The standard InChI is InChI=1S/C12H15ClN4O/c13-10-2-4-12(5-3-10)18-7-1-6-17-11(8-14)9-15-16-17/h2-5,9H,1,6-8,14H2. The van der Waals surface area contributed by atoms with Crippen LogP contribution in [0.2, 0.25) is 5.02 Å². The molecule has 6 heteroatoms. The molecular formula is C12H15ClN4O. The molecule has 0 bridgehead atoms. The maximum atomic E-state index is 5.79. The van der Waals surface area contributed by atoms with E-state index >= 15 is 0 Å². The Labute approximate surface area is 111 Å². The smallest absolute Gasteiger partial charge is 0.119 e. The maximum Gasteiger partial charge on any atom is 0.119 e. The molecule has 2 N–H and O–H groups in total. The van der Waals surface area contributed by atoms with Gasteiger partial charge in [0, 0.05) is 24.5 Å². The van der Waals surface area contributed by atoms with E-state index in [1.54, 1.807) is 23.0 Å². The second-order valence-electron chi connectivity index (χ2n) is 3.81. The molecule has 2 rings (SSSR count). The summed E-state index contributed by atoms with van der Waals surface area (Å²) in [4.78, 5) is 0. The molecule has 0 aliphatic rings. The minimum absolute atomic E-state index is 0.449. The van der Waals surface area contributed by atoms with Crippen LogP contribution in [0, 0.1) is 0 Å². The number of benzene rings is 1. The zero-order valence-electron chi connectivity index (χ0n) is 9.92. The van der Waals surface area contributed by atoms with E-state index in [1.165, 1.54) is 0 Å². The molecule has 1 heterocycles. The number of nitrogens with two attached hydrogens (primary N) is 1. The van der Waals surface area contributed by atoms with Crippen LogP contribution in [-0.2, 0) is 13.1 Å². The lowest BCUT2D eigenvalue weighted by molar-refractivity contribution is 0.297. The first-order valence-corrected chi connectivity index (χ1v) is 6.13. The summed E-state index contributed by atoms with van der Waals surface area (Å²) in [7, 11) is 0. The van der Waals surface area contributed by atoms with E-state index < -0.39 is 0 Å². The van der Waals surface area contributed by atoms with Crippen LogP contribution in [-0.4, -0.2) is 21.6 Å². The highest BCUT2D eigenvalue weighted by Crippen LogP contribution is 2.15. The summed E-state index contributed by atoms with van der Waals surface area (Å²) in [5, 5.41) is 8.48. The lowest BCUT2D eigenvalue weighted by Crippen LogP contribution is -2.11. The number of halogens is 1. The Morgan fingerprint density at radius 1 is 1.28 bits per heavy atom. The second kappa shape index (κ2) is 6.37. The fraction of sp³-hybridized carbons (Fsp3) is 0.333. The number of aryl methyl sites for hydroxylation is 1. The third-order valence-electron chi connectivity index (χ3n) is 2.50. The van der Waals surface area contributed by atoms with E-state index in [0.29, 0.717) is 18.2 Å². The predicted octanol–water partition coefficient (Wildman–Crippen LogP) is 1.86. The molecule has 1 aromatic heterocycles. The van der Waals surface area contributed by atoms with Crippen molar-refractivity contribution in [2.75, 3.05) is 6.61 Å². The molecule has 0 unspecified atom stereocenters. The van der Waals surface area contributed by atoms with E-state index in [-0.39, 0.29) is 0 Å². The summed E-state index contributed by atoms with van der Waals surface area (Å²) < 4.78 is 7.38. The molecule has 96 valence electrons. The van der Waals surface area contributed by atoms with Gasteiger partial charge in [0.1, 0.15) is 5.75 Å². The Morgan fingerprint density at radius 2 is 2.06 bits per heavy atom. The van der Waals surface area contributed by atoms with Crippen LogP contribution < -0.4 is 10.5 Å². The zero-order chi connectivity index (χ0) is 12.8. The van der Waals surface area contributed by atoms with Crippen LogP contribution >= 0.6 is 11.6 Å². The van der Waals surface area contributed by atoms with Crippen LogP contribution in [0.3, 0.4) is 0 Å². The molecule has 0 spiro atoms. The minimum atomic E-state index is 0.449. The first-order valence-electron chi connectivity index (χ1n) is 5.75. The van der Waals surface area contributed by atoms with Crippen molar-refractivity contribution in [1.82, 2.24) is 15.0 Å². The third kappa shape index (κ3) is 3.45. The SMILES string of the molecule is NCc1cnnn1CCCOc1ccc(Cl)cc1. The normalized spacial score (nSPS) is 10.6. The van der Waals surface area contributed by atoms with E-state index in [9.17, 15) is 0 Å². The Hall–Kier alpha value is -1.59. The van der Waals surface area contributed by atoms with Crippen molar-refractivity contribution in [1.29, 1.82) is 0 Å². The first-order chi connectivity index (χ1) is 8.79. The molecule has 0 fully saturated rings. The number of aromatic nitrogens is 3. The van der Waals surface area contributed by atoms with E-state index in [1.807, 2.05) is 12.1 Å². The van der Waals surface area contributed by atoms with Gasteiger partial charge in [0.2, 0.25) is 0 Å². The summed E-state index contributed by atoms with van der Waals surface area (Å²) >= 11 is 5.79. The van der Waals surface area contributed by atoms with Gasteiger partial charge in [-0.2, -0.15) is 0 Å². The highest BCUT2D eigenvalue weighted by Gasteiger charge is 2.01. The van der Waals surface area contributed by atoms with Crippen LogP contribution in [0.5, 0.6) is 5.75 Å². The molecule has 0 saturated heterocycles. The number of hydrogen-bond donors (Lipinski definition) is 1. The summed E-state index contributed by atoms with van der Waals surface area (Å²) in [5.41, 5.74) is 6.49. The van der Waals surface area contributed by atoms with Crippen LogP contribution in [0.25, 0.3) is 0 Å². The van der Waals surface area contributed by atoms with Gasteiger partial charge < -0.3 is 10.5 Å². The van der Waals surface area contributed by atoms with Gasteiger partial charge in [0.25, 0.3) is 0 Å². The Balaban J connectivity index is 1.74. The average Bonchev–Trinajstić information content (AvgIpc) is 2.84. The van der Waals surface area contributed by atoms with Crippen molar-refractivity contribution in [2.24, 2.45) is 5.73 Å². The summed E-state index contributed by atoms with van der Waals surface area (Å²) in [6.45, 7) is 1.82. The first kappa shape index (κ1) is 12.9. The number of nitrogens with zero attached hydrogens (tertiary/aromatic N) is 3. The Bertz CT molecular complexity index is 483. The topological polar surface area (TPSA) is 66.0 Å². The highest BCUT2D eigenvalue weighted by atomic mass is 35.5. The van der Waals surface area contributed by atoms with Crippen molar-refractivity contribution < 1.29 is 4.74 Å². The maximum absolute atomic E-state index is 5.79. The van der Waals surface area contributed by atoms with Gasteiger partial charge in [-0.05, 0) is 24.3 Å². The molecule has 0 aliphatic heterocycles. The van der Waals surface area contributed by atoms with E-state index in [2.05, 4.69) is 10.3 Å². The largest absolute Gasteiger partial charge is 0.494 e. The molecular weight excluding hydrogens is 252 g/mol. The van der Waals surface area contributed by atoms with Gasteiger partial charge in [-0.1, -0.05) is 16.8 Å². The minimum Gasteiger partial charge on any atom is -0.494 e. The van der Waals surface area contributed by atoms with Gasteiger partial charge >= 0.3 is 0 Å². The predicted molar refractivity (Wildman–Crippen MR) is 69.5 cm³/mol. The lowest BCUT2D eigenvalue weighted by atomic mass is 10.3. The fourth-order valence-electron chi connectivity index (χ4n) is 1.56.